The molecule has 0 atom stereocenters. The van der Waals surface area contributed by atoms with Gasteiger partial charge in [-0.2, -0.15) is 0 Å². The summed E-state index contributed by atoms with van der Waals surface area (Å²) in [7, 11) is 0. The first-order valence-corrected chi connectivity index (χ1v) is 10.8. The third kappa shape index (κ3) is 5.64. The second kappa shape index (κ2) is 9.96. The van der Waals surface area contributed by atoms with Crippen molar-refractivity contribution >= 4 is 11.8 Å². The number of pyridine rings is 1. The van der Waals surface area contributed by atoms with E-state index >= 15 is 0 Å². The van der Waals surface area contributed by atoms with Crippen molar-refractivity contribution < 1.29 is 14.0 Å². The lowest BCUT2D eigenvalue weighted by molar-refractivity contribution is 0.0593. The topological polar surface area (TPSA) is 87.8 Å². The normalized spacial score (nSPS) is 15.0. The van der Waals surface area contributed by atoms with Gasteiger partial charge in [-0.15, -0.1) is 0 Å². The summed E-state index contributed by atoms with van der Waals surface area (Å²) in [5.41, 5.74) is -0.517. The SMILES string of the molecule is CC(C)Cn1cc(C(=O)NCc2ccco2)c(=O)c(C(=O)N2CCN(C(C)C)CC2)c1. The zero-order chi connectivity index (χ0) is 22.5. The van der Waals surface area contributed by atoms with Gasteiger partial charge in [0.15, 0.2) is 0 Å². The third-order valence-corrected chi connectivity index (χ3v) is 5.47. The van der Waals surface area contributed by atoms with Gasteiger partial charge >= 0.3 is 0 Å². The first-order valence-electron chi connectivity index (χ1n) is 10.8. The van der Waals surface area contributed by atoms with Gasteiger partial charge in [0.25, 0.3) is 11.8 Å². The predicted octanol–water partition coefficient (Wildman–Crippen LogP) is 2.19. The van der Waals surface area contributed by atoms with Gasteiger partial charge in [-0.3, -0.25) is 19.3 Å². The molecule has 3 heterocycles. The minimum atomic E-state index is -0.534. The van der Waals surface area contributed by atoms with E-state index in [1.165, 1.54) is 12.5 Å². The minimum absolute atomic E-state index is 0.0288. The molecule has 31 heavy (non-hydrogen) atoms. The van der Waals surface area contributed by atoms with Gasteiger partial charge in [-0.05, 0) is 31.9 Å². The second-order valence-electron chi connectivity index (χ2n) is 8.69. The minimum Gasteiger partial charge on any atom is -0.467 e. The molecule has 1 aliphatic heterocycles. The fourth-order valence-electron chi connectivity index (χ4n) is 3.76. The lowest BCUT2D eigenvalue weighted by Gasteiger charge is -2.36. The van der Waals surface area contributed by atoms with Crippen LogP contribution in [0.25, 0.3) is 0 Å². The van der Waals surface area contributed by atoms with E-state index in [1.54, 1.807) is 27.8 Å². The van der Waals surface area contributed by atoms with Crippen molar-refractivity contribution in [1.82, 2.24) is 19.7 Å². The number of furan rings is 1. The second-order valence-corrected chi connectivity index (χ2v) is 8.69. The van der Waals surface area contributed by atoms with Crippen LogP contribution in [-0.2, 0) is 13.1 Å². The summed E-state index contributed by atoms with van der Waals surface area (Å²) in [5, 5.41) is 2.71. The van der Waals surface area contributed by atoms with Crippen LogP contribution >= 0.6 is 0 Å². The fraction of sp³-hybridized carbons (Fsp3) is 0.522. The molecular formula is C23H32N4O4. The molecule has 0 aliphatic carbocycles. The number of piperazine rings is 1. The van der Waals surface area contributed by atoms with E-state index in [1.807, 2.05) is 13.8 Å². The highest BCUT2D eigenvalue weighted by Gasteiger charge is 2.27. The molecule has 0 aromatic carbocycles. The van der Waals surface area contributed by atoms with Crippen LogP contribution in [0.5, 0.6) is 0 Å². The van der Waals surface area contributed by atoms with Crippen molar-refractivity contribution in [2.75, 3.05) is 26.2 Å². The molecule has 1 saturated heterocycles. The quantitative estimate of drug-likeness (QED) is 0.730. The van der Waals surface area contributed by atoms with Crippen LogP contribution in [0.3, 0.4) is 0 Å². The van der Waals surface area contributed by atoms with E-state index < -0.39 is 11.3 Å². The molecule has 2 aromatic rings. The Balaban J connectivity index is 1.85. The molecular weight excluding hydrogens is 396 g/mol. The summed E-state index contributed by atoms with van der Waals surface area (Å²) in [6.45, 7) is 11.8. The van der Waals surface area contributed by atoms with Gasteiger partial charge in [0, 0.05) is 51.2 Å². The van der Waals surface area contributed by atoms with Gasteiger partial charge < -0.3 is 19.2 Å². The molecule has 8 nitrogen and oxygen atoms in total. The molecule has 1 N–H and O–H groups in total. The first kappa shape index (κ1) is 22.8. The lowest BCUT2D eigenvalue weighted by atomic mass is 10.1. The number of carbonyl (C=O) groups excluding carboxylic acids is 2. The van der Waals surface area contributed by atoms with Crippen molar-refractivity contribution in [3.05, 3.63) is 57.9 Å². The molecule has 1 aliphatic rings. The largest absolute Gasteiger partial charge is 0.467 e. The molecule has 2 aromatic heterocycles. The van der Waals surface area contributed by atoms with E-state index in [0.29, 0.717) is 37.4 Å². The first-order chi connectivity index (χ1) is 14.8. The molecule has 0 radical (unpaired) electrons. The smallest absolute Gasteiger partial charge is 0.259 e. The fourth-order valence-corrected chi connectivity index (χ4v) is 3.76. The van der Waals surface area contributed by atoms with Crippen LogP contribution in [0.4, 0.5) is 0 Å². The van der Waals surface area contributed by atoms with Crippen molar-refractivity contribution in [1.29, 1.82) is 0 Å². The maximum atomic E-state index is 13.2. The lowest BCUT2D eigenvalue weighted by Crippen LogP contribution is -2.51. The van der Waals surface area contributed by atoms with Crippen LogP contribution in [-0.4, -0.2) is 58.4 Å². The van der Waals surface area contributed by atoms with Gasteiger partial charge in [-0.1, -0.05) is 13.8 Å². The molecule has 0 bridgehead atoms. The number of nitrogens with one attached hydrogen (secondary N) is 1. The average Bonchev–Trinajstić information content (AvgIpc) is 3.26. The molecule has 0 spiro atoms. The van der Waals surface area contributed by atoms with E-state index in [9.17, 15) is 14.4 Å². The van der Waals surface area contributed by atoms with Crippen molar-refractivity contribution in [3.8, 4) is 0 Å². The Labute approximate surface area is 182 Å². The van der Waals surface area contributed by atoms with Gasteiger partial charge in [-0.25, -0.2) is 0 Å². The van der Waals surface area contributed by atoms with Gasteiger partial charge in [0.2, 0.25) is 5.43 Å². The highest BCUT2D eigenvalue weighted by atomic mass is 16.3. The Morgan fingerprint density at radius 3 is 2.32 bits per heavy atom. The number of nitrogens with zero attached hydrogens (tertiary/aromatic N) is 3. The van der Waals surface area contributed by atoms with E-state index in [-0.39, 0.29) is 23.6 Å². The monoisotopic (exact) mass is 428 g/mol. The number of aromatic nitrogens is 1. The van der Waals surface area contributed by atoms with Crippen LogP contribution < -0.4 is 10.7 Å². The van der Waals surface area contributed by atoms with Crippen LogP contribution in [0, 0.1) is 5.92 Å². The summed E-state index contributed by atoms with van der Waals surface area (Å²) < 4.78 is 7.00. The zero-order valence-electron chi connectivity index (χ0n) is 18.8. The van der Waals surface area contributed by atoms with Crippen LogP contribution in [0.15, 0.2) is 40.0 Å². The van der Waals surface area contributed by atoms with Crippen LogP contribution in [0.2, 0.25) is 0 Å². The summed E-state index contributed by atoms with van der Waals surface area (Å²) in [6.07, 6.45) is 4.64. The highest BCUT2D eigenvalue weighted by molar-refractivity contribution is 5.99. The number of hydrogen-bond donors (Lipinski definition) is 1. The van der Waals surface area contributed by atoms with Crippen LogP contribution in [0.1, 0.15) is 54.2 Å². The van der Waals surface area contributed by atoms with E-state index in [4.69, 9.17) is 4.42 Å². The average molecular weight is 429 g/mol. The summed E-state index contributed by atoms with van der Waals surface area (Å²) in [5.74, 6) is 0.0509. The molecule has 0 saturated carbocycles. The summed E-state index contributed by atoms with van der Waals surface area (Å²) in [4.78, 5) is 43.1. The molecule has 8 heteroatoms. The summed E-state index contributed by atoms with van der Waals surface area (Å²) >= 11 is 0. The molecule has 168 valence electrons. The van der Waals surface area contributed by atoms with Gasteiger partial charge in [0.05, 0.1) is 12.8 Å². The number of rotatable bonds is 7. The Bertz CT molecular complexity index is 954. The van der Waals surface area contributed by atoms with Crippen molar-refractivity contribution in [2.45, 2.75) is 46.8 Å². The maximum absolute atomic E-state index is 13.2. The van der Waals surface area contributed by atoms with Crippen molar-refractivity contribution in [3.63, 3.8) is 0 Å². The number of hydrogen-bond acceptors (Lipinski definition) is 5. The molecule has 2 amide bonds. The maximum Gasteiger partial charge on any atom is 0.259 e. The molecule has 3 rings (SSSR count). The Morgan fingerprint density at radius 1 is 1.06 bits per heavy atom. The standard InChI is InChI=1S/C23H32N4O4/c1-16(2)13-25-14-19(22(29)24-12-18-6-5-11-31-18)21(28)20(15-25)23(30)27-9-7-26(8-10-27)17(3)4/h5-6,11,14-17H,7-10,12-13H2,1-4H3,(H,24,29). The Morgan fingerprint density at radius 2 is 1.74 bits per heavy atom. The highest BCUT2D eigenvalue weighted by Crippen LogP contribution is 2.11. The summed E-state index contributed by atoms with van der Waals surface area (Å²) in [6, 6.07) is 3.89. The van der Waals surface area contributed by atoms with E-state index in [2.05, 4.69) is 24.1 Å². The number of carbonyl (C=O) groups is 2. The van der Waals surface area contributed by atoms with E-state index in [0.717, 1.165) is 13.1 Å². The van der Waals surface area contributed by atoms with Gasteiger partial charge in [0.1, 0.15) is 16.9 Å². The number of amides is 2. The third-order valence-electron chi connectivity index (χ3n) is 5.47. The zero-order valence-corrected chi connectivity index (χ0v) is 18.8. The molecule has 0 unspecified atom stereocenters. The molecule has 1 fully saturated rings. The Hall–Kier alpha value is -2.87. The van der Waals surface area contributed by atoms with Crippen molar-refractivity contribution in [2.24, 2.45) is 5.92 Å². The predicted molar refractivity (Wildman–Crippen MR) is 118 cm³/mol. The Kier molecular flexibility index (Phi) is 7.33.